The van der Waals surface area contributed by atoms with Crippen LogP contribution in [0, 0.1) is 0 Å². The molecule has 1 saturated carbocycles. The SMILES string of the molecule is CC(C)(C)c1ccc(C(=O)CCCC(=O)c2ccc(C3CCCCC3)cc2)cc1. The molecule has 0 amide bonds. The van der Waals surface area contributed by atoms with Crippen molar-refractivity contribution in [2.45, 2.75) is 83.5 Å². The third-order valence-corrected chi connectivity index (χ3v) is 6.19. The summed E-state index contributed by atoms with van der Waals surface area (Å²) in [5, 5.41) is 0. The van der Waals surface area contributed by atoms with E-state index in [-0.39, 0.29) is 17.0 Å². The van der Waals surface area contributed by atoms with E-state index in [0.717, 1.165) is 11.1 Å². The number of Topliss-reactive ketones (excluding diaryl/α,β-unsaturated/α-hetero) is 2. The number of carbonyl (C=O) groups excluding carboxylic acids is 2. The van der Waals surface area contributed by atoms with Gasteiger partial charge in [-0.3, -0.25) is 9.59 Å². The molecule has 0 saturated heterocycles. The first-order chi connectivity index (χ1) is 13.8. The molecule has 1 aliphatic rings. The van der Waals surface area contributed by atoms with Gasteiger partial charge in [-0.15, -0.1) is 0 Å². The summed E-state index contributed by atoms with van der Waals surface area (Å²) < 4.78 is 0. The Morgan fingerprint density at radius 3 is 1.72 bits per heavy atom. The fraction of sp³-hybridized carbons (Fsp3) is 0.481. The van der Waals surface area contributed by atoms with E-state index >= 15 is 0 Å². The zero-order valence-corrected chi connectivity index (χ0v) is 18.2. The largest absolute Gasteiger partial charge is 0.294 e. The van der Waals surface area contributed by atoms with Crippen molar-refractivity contribution in [1.29, 1.82) is 0 Å². The highest BCUT2D eigenvalue weighted by atomic mass is 16.1. The molecule has 2 nitrogen and oxygen atoms in total. The molecular weight excluding hydrogens is 356 g/mol. The number of ketones is 2. The summed E-state index contributed by atoms with van der Waals surface area (Å²) in [6, 6.07) is 16.1. The Morgan fingerprint density at radius 2 is 1.24 bits per heavy atom. The second-order valence-electron chi connectivity index (χ2n) is 9.48. The number of hydrogen-bond acceptors (Lipinski definition) is 2. The molecule has 0 heterocycles. The second kappa shape index (κ2) is 9.52. The Balaban J connectivity index is 1.48. The van der Waals surface area contributed by atoms with Crippen LogP contribution in [0.3, 0.4) is 0 Å². The van der Waals surface area contributed by atoms with Crippen LogP contribution in [-0.4, -0.2) is 11.6 Å². The summed E-state index contributed by atoms with van der Waals surface area (Å²) in [5.74, 6) is 0.914. The van der Waals surface area contributed by atoms with Crippen molar-refractivity contribution in [2.24, 2.45) is 0 Å². The molecule has 0 N–H and O–H groups in total. The minimum atomic E-state index is 0.0839. The van der Waals surface area contributed by atoms with E-state index in [0.29, 0.717) is 25.2 Å². The van der Waals surface area contributed by atoms with E-state index in [1.807, 2.05) is 36.4 Å². The third kappa shape index (κ3) is 5.88. The van der Waals surface area contributed by atoms with Gasteiger partial charge in [0.1, 0.15) is 0 Å². The van der Waals surface area contributed by atoms with Gasteiger partial charge in [0, 0.05) is 24.0 Å². The van der Waals surface area contributed by atoms with Crippen LogP contribution in [-0.2, 0) is 5.41 Å². The number of rotatable bonds is 7. The predicted molar refractivity (Wildman–Crippen MR) is 120 cm³/mol. The molecule has 0 spiro atoms. The monoisotopic (exact) mass is 390 g/mol. The van der Waals surface area contributed by atoms with Crippen LogP contribution >= 0.6 is 0 Å². The number of hydrogen-bond donors (Lipinski definition) is 0. The van der Waals surface area contributed by atoms with E-state index in [1.165, 1.54) is 43.2 Å². The Hall–Kier alpha value is -2.22. The fourth-order valence-electron chi connectivity index (χ4n) is 4.23. The van der Waals surface area contributed by atoms with E-state index in [1.54, 1.807) is 0 Å². The van der Waals surface area contributed by atoms with Crippen molar-refractivity contribution in [3.8, 4) is 0 Å². The summed E-state index contributed by atoms with van der Waals surface area (Å²) >= 11 is 0. The molecule has 154 valence electrons. The molecule has 1 fully saturated rings. The van der Waals surface area contributed by atoms with E-state index in [9.17, 15) is 9.59 Å². The molecule has 0 atom stereocenters. The molecule has 2 aromatic rings. The first-order valence-electron chi connectivity index (χ1n) is 11.1. The quantitative estimate of drug-likeness (QED) is 0.466. The van der Waals surface area contributed by atoms with Gasteiger partial charge in [-0.25, -0.2) is 0 Å². The lowest BCUT2D eigenvalue weighted by Gasteiger charge is -2.22. The zero-order valence-electron chi connectivity index (χ0n) is 18.2. The number of carbonyl (C=O) groups is 2. The van der Waals surface area contributed by atoms with Crippen LogP contribution in [0.5, 0.6) is 0 Å². The van der Waals surface area contributed by atoms with Gasteiger partial charge >= 0.3 is 0 Å². The second-order valence-corrected chi connectivity index (χ2v) is 9.48. The van der Waals surface area contributed by atoms with Gasteiger partial charge in [-0.2, -0.15) is 0 Å². The van der Waals surface area contributed by atoms with Gasteiger partial charge in [-0.1, -0.05) is 88.6 Å². The predicted octanol–water partition coefficient (Wildman–Crippen LogP) is 7.27. The smallest absolute Gasteiger partial charge is 0.162 e. The molecule has 0 aromatic heterocycles. The van der Waals surface area contributed by atoms with E-state index in [4.69, 9.17) is 0 Å². The molecule has 0 aliphatic heterocycles. The fourth-order valence-corrected chi connectivity index (χ4v) is 4.23. The van der Waals surface area contributed by atoms with Crippen molar-refractivity contribution in [3.63, 3.8) is 0 Å². The lowest BCUT2D eigenvalue weighted by atomic mass is 9.84. The first-order valence-corrected chi connectivity index (χ1v) is 11.1. The minimum absolute atomic E-state index is 0.0839. The van der Waals surface area contributed by atoms with Crippen LogP contribution in [0.4, 0.5) is 0 Å². The third-order valence-electron chi connectivity index (χ3n) is 6.19. The van der Waals surface area contributed by atoms with Gasteiger partial charge in [-0.05, 0) is 41.7 Å². The van der Waals surface area contributed by atoms with Crippen LogP contribution in [0.15, 0.2) is 48.5 Å². The van der Waals surface area contributed by atoms with Gasteiger partial charge in [0.25, 0.3) is 0 Å². The van der Waals surface area contributed by atoms with E-state index in [2.05, 4.69) is 32.9 Å². The molecule has 29 heavy (non-hydrogen) atoms. The molecule has 0 unspecified atom stereocenters. The highest BCUT2D eigenvalue weighted by Gasteiger charge is 2.17. The summed E-state index contributed by atoms with van der Waals surface area (Å²) in [6.07, 6.45) is 7.97. The summed E-state index contributed by atoms with van der Waals surface area (Å²) in [4.78, 5) is 24.9. The Morgan fingerprint density at radius 1 is 0.759 bits per heavy atom. The Kier molecular flexibility index (Phi) is 7.05. The van der Waals surface area contributed by atoms with E-state index < -0.39 is 0 Å². The number of benzene rings is 2. The minimum Gasteiger partial charge on any atom is -0.294 e. The zero-order chi connectivity index (χ0) is 20.9. The molecule has 3 rings (SSSR count). The average molecular weight is 391 g/mol. The summed E-state index contributed by atoms with van der Waals surface area (Å²) in [6.45, 7) is 6.49. The molecule has 1 aliphatic carbocycles. The Bertz CT molecular complexity index is 816. The van der Waals surface area contributed by atoms with Gasteiger partial charge < -0.3 is 0 Å². The lowest BCUT2D eigenvalue weighted by Crippen LogP contribution is -2.11. The molecule has 0 bridgehead atoms. The molecular formula is C27H34O2. The van der Waals surface area contributed by atoms with Crippen LogP contribution < -0.4 is 0 Å². The van der Waals surface area contributed by atoms with Crippen molar-refractivity contribution in [1.82, 2.24) is 0 Å². The first kappa shape index (κ1) is 21.5. The summed E-state index contributed by atoms with van der Waals surface area (Å²) in [5.41, 5.74) is 4.19. The van der Waals surface area contributed by atoms with Crippen LogP contribution in [0.1, 0.15) is 110 Å². The summed E-state index contributed by atoms with van der Waals surface area (Å²) in [7, 11) is 0. The van der Waals surface area contributed by atoms with Crippen molar-refractivity contribution < 1.29 is 9.59 Å². The van der Waals surface area contributed by atoms with Gasteiger partial charge in [0.2, 0.25) is 0 Å². The molecule has 0 radical (unpaired) electrons. The molecule has 2 aromatic carbocycles. The average Bonchev–Trinajstić information content (AvgIpc) is 2.74. The lowest BCUT2D eigenvalue weighted by molar-refractivity contribution is 0.0957. The van der Waals surface area contributed by atoms with Gasteiger partial charge in [0.05, 0.1) is 0 Å². The van der Waals surface area contributed by atoms with Gasteiger partial charge in [0.15, 0.2) is 11.6 Å². The van der Waals surface area contributed by atoms with Crippen molar-refractivity contribution >= 4 is 11.6 Å². The maximum absolute atomic E-state index is 12.5. The Labute approximate surface area is 175 Å². The normalized spacial score (nSPS) is 15.3. The standard InChI is InChI=1S/C27H34O2/c1-27(2,3)24-18-16-23(17-19-24)26(29)11-7-10-25(28)22-14-12-21(13-15-22)20-8-5-4-6-9-20/h12-20H,4-11H2,1-3H3. The van der Waals surface area contributed by atoms with Crippen LogP contribution in [0.2, 0.25) is 0 Å². The highest BCUT2D eigenvalue weighted by molar-refractivity contribution is 5.98. The van der Waals surface area contributed by atoms with Crippen molar-refractivity contribution in [3.05, 3.63) is 70.8 Å². The topological polar surface area (TPSA) is 34.1 Å². The molecule has 2 heteroatoms. The maximum Gasteiger partial charge on any atom is 0.162 e. The highest BCUT2D eigenvalue weighted by Crippen LogP contribution is 2.32. The van der Waals surface area contributed by atoms with Crippen LogP contribution in [0.25, 0.3) is 0 Å². The maximum atomic E-state index is 12.5. The van der Waals surface area contributed by atoms with Crippen molar-refractivity contribution in [2.75, 3.05) is 0 Å².